The number of hydrogen-bond donors (Lipinski definition) is 0. The second-order valence-electron chi connectivity index (χ2n) is 10.9. The molecule has 0 amide bonds. The van der Waals surface area contributed by atoms with E-state index in [1.165, 1.54) is 57.1 Å². The minimum Gasteiger partial charge on any atom is -0.544 e. The molecule has 0 radical (unpaired) electrons. The molecule has 0 aromatic heterocycles. The summed E-state index contributed by atoms with van der Waals surface area (Å²) in [7, 11) is 1.86. The standard InChI is InChI=1S/C32H44F3NO4/c1-3-4-5-6-7-8-9-10-11-15-20-36(2,25-30(37)38)21-22-40-29-19-18-27(31(39)32(33,34)35)24-28(29)23-26-16-13-12-14-17-26/h12-14,16-19,24H,3-11,15,20-23,25H2,1-2H3. The fourth-order valence-electron chi connectivity index (χ4n) is 4.92. The first-order valence-corrected chi connectivity index (χ1v) is 14.5. The number of carbonyl (C=O) groups is 2. The van der Waals surface area contributed by atoms with Crippen LogP contribution in [0.1, 0.15) is 92.6 Å². The maximum atomic E-state index is 13.0. The van der Waals surface area contributed by atoms with Crippen LogP contribution >= 0.6 is 0 Å². The predicted octanol–water partition coefficient (Wildman–Crippen LogP) is 6.52. The largest absolute Gasteiger partial charge is 0.544 e. The van der Waals surface area contributed by atoms with E-state index in [9.17, 15) is 27.9 Å². The van der Waals surface area contributed by atoms with Crippen molar-refractivity contribution in [1.82, 2.24) is 0 Å². The first-order valence-electron chi connectivity index (χ1n) is 14.5. The number of carboxylic acid groups (broad SMARTS) is 1. The molecule has 1 unspecified atom stereocenters. The highest BCUT2D eigenvalue weighted by molar-refractivity contribution is 6.00. The van der Waals surface area contributed by atoms with Crippen LogP contribution in [0.25, 0.3) is 0 Å². The van der Waals surface area contributed by atoms with E-state index in [4.69, 9.17) is 4.74 Å². The average Bonchev–Trinajstić information content (AvgIpc) is 2.90. The Hall–Kier alpha value is -2.87. The van der Waals surface area contributed by atoms with Crippen molar-refractivity contribution in [3.63, 3.8) is 0 Å². The van der Waals surface area contributed by atoms with E-state index in [1.807, 2.05) is 37.4 Å². The summed E-state index contributed by atoms with van der Waals surface area (Å²) in [5, 5.41) is 11.5. The molecule has 0 aliphatic heterocycles. The maximum Gasteiger partial charge on any atom is 0.454 e. The van der Waals surface area contributed by atoms with Gasteiger partial charge in [-0.2, -0.15) is 13.2 Å². The molecule has 2 rings (SSSR count). The van der Waals surface area contributed by atoms with Gasteiger partial charge in [-0.1, -0.05) is 88.6 Å². The van der Waals surface area contributed by atoms with Gasteiger partial charge in [-0.3, -0.25) is 4.79 Å². The second kappa shape index (κ2) is 17.1. The van der Waals surface area contributed by atoms with E-state index in [0.717, 1.165) is 30.9 Å². The van der Waals surface area contributed by atoms with Crippen LogP contribution in [0.2, 0.25) is 0 Å². The predicted molar refractivity (Wildman–Crippen MR) is 149 cm³/mol. The molecule has 0 N–H and O–H groups in total. The number of nitrogens with zero attached hydrogens (tertiary/aromatic N) is 1. The van der Waals surface area contributed by atoms with Gasteiger partial charge in [0.15, 0.2) is 0 Å². The Morgan fingerprint density at radius 1 is 0.850 bits per heavy atom. The molecule has 0 saturated heterocycles. The van der Waals surface area contributed by atoms with Crippen molar-refractivity contribution in [2.24, 2.45) is 0 Å². The summed E-state index contributed by atoms with van der Waals surface area (Å²) in [6.45, 7) is 3.32. The fraction of sp³-hybridized carbons (Fsp3) is 0.562. The highest BCUT2D eigenvalue weighted by Crippen LogP contribution is 2.28. The number of ether oxygens (including phenoxy) is 1. The van der Waals surface area contributed by atoms with E-state index in [-0.39, 0.29) is 17.6 Å². The van der Waals surface area contributed by atoms with Crippen molar-refractivity contribution in [3.05, 3.63) is 65.2 Å². The summed E-state index contributed by atoms with van der Waals surface area (Å²) in [5.41, 5.74) is 0.886. The topological polar surface area (TPSA) is 66.4 Å². The molecule has 2 aromatic carbocycles. The molecule has 40 heavy (non-hydrogen) atoms. The van der Waals surface area contributed by atoms with Crippen molar-refractivity contribution in [3.8, 4) is 5.75 Å². The first kappa shape index (κ1) is 33.3. The van der Waals surface area contributed by atoms with Gasteiger partial charge >= 0.3 is 6.18 Å². The zero-order chi connectivity index (χ0) is 29.4. The molecule has 8 heteroatoms. The lowest BCUT2D eigenvalue weighted by atomic mass is 10.00. The van der Waals surface area contributed by atoms with Crippen LogP contribution in [0.3, 0.4) is 0 Å². The highest BCUT2D eigenvalue weighted by atomic mass is 19.4. The summed E-state index contributed by atoms with van der Waals surface area (Å²) in [6, 6.07) is 13.0. The number of halogens is 3. The summed E-state index contributed by atoms with van der Waals surface area (Å²) in [5.74, 6) is -2.65. The Kier molecular flexibility index (Phi) is 14.2. The van der Waals surface area contributed by atoms with Crippen LogP contribution in [-0.4, -0.2) is 55.7 Å². The number of unbranched alkanes of at least 4 members (excludes halogenated alkanes) is 9. The molecule has 0 heterocycles. The number of carboxylic acids is 1. The zero-order valence-electron chi connectivity index (χ0n) is 23.9. The summed E-state index contributed by atoms with van der Waals surface area (Å²) in [6.07, 6.45) is 7.23. The van der Waals surface area contributed by atoms with Crippen molar-refractivity contribution < 1.29 is 37.1 Å². The molecule has 0 fully saturated rings. The Bertz CT molecular complexity index is 1040. The van der Waals surface area contributed by atoms with E-state index < -0.39 is 23.5 Å². The minimum absolute atomic E-state index is 0.142. The van der Waals surface area contributed by atoms with Gasteiger partial charge in [-0.05, 0) is 42.2 Å². The molecule has 0 saturated carbocycles. The van der Waals surface area contributed by atoms with E-state index in [1.54, 1.807) is 0 Å². The number of rotatable bonds is 20. The smallest absolute Gasteiger partial charge is 0.454 e. The van der Waals surface area contributed by atoms with Gasteiger partial charge in [0.2, 0.25) is 0 Å². The van der Waals surface area contributed by atoms with Crippen LogP contribution in [0.4, 0.5) is 13.2 Å². The van der Waals surface area contributed by atoms with E-state index in [0.29, 0.717) is 30.8 Å². The third kappa shape index (κ3) is 12.5. The lowest BCUT2D eigenvalue weighted by molar-refractivity contribution is -0.904. The maximum absolute atomic E-state index is 13.0. The summed E-state index contributed by atoms with van der Waals surface area (Å²) >= 11 is 0. The van der Waals surface area contributed by atoms with Crippen molar-refractivity contribution in [2.45, 2.75) is 83.7 Å². The Morgan fingerprint density at radius 3 is 2.02 bits per heavy atom. The summed E-state index contributed by atoms with van der Waals surface area (Å²) < 4.78 is 45.4. The van der Waals surface area contributed by atoms with Gasteiger partial charge in [-0.25, -0.2) is 0 Å². The minimum atomic E-state index is -4.97. The van der Waals surface area contributed by atoms with Gasteiger partial charge in [-0.15, -0.1) is 0 Å². The van der Waals surface area contributed by atoms with Gasteiger partial charge in [0.25, 0.3) is 5.78 Å². The highest BCUT2D eigenvalue weighted by Gasteiger charge is 2.39. The number of ketones is 1. The molecule has 0 aliphatic carbocycles. The molecule has 2 aromatic rings. The van der Waals surface area contributed by atoms with Crippen LogP contribution < -0.4 is 9.84 Å². The number of alkyl halides is 3. The lowest BCUT2D eigenvalue weighted by Gasteiger charge is -2.35. The number of hydrogen-bond acceptors (Lipinski definition) is 4. The third-order valence-electron chi connectivity index (χ3n) is 7.27. The van der Waals surface area contributed by atoms with Gasteiger partial charge in [0, 0.05) is 12.0 Å². The number of aliphatic carboxylic acids is 1. The molecule has 1 atom stereocenters. The number of benzene rings is 2. The molecule has 0 aliphatic rings. The summed E-state index contributed by atoms with van der Waals surface area (Å²) in [4.78, 5) is 23.3. The molecule has 0 spiro atoms. The lowest BCUT2D eigenvalue weighted by Crippen LogP contribution is -2.53. The van der Waals surface area contributed by atoms with Crippen LogP contribution in [0.15, 0.2) is 48.5 Å². The zero-order valence-corrected chi connectivity index (χ0v) is 23.9. The Labute approximate surface area is 236 Å². The number of likely N-dealkylation sites (N-methyl/N-ethyl adjacent to an activating group) is 1. The second-order valence-corrected chi connectivity index (χ2v) is 10.9. The number of carbonyl (C=O) groups excluding carboxylic acids is 2. The fourth-order valence-corrected chi connectivity index (χ4v) is 4.92. The van der Waals surface area contributed by atoms with Crippen LogP contribution in [0.5, 0.6) is 5.75 Å². The van der Waals surface area contributed by atoms with Crippen molar-refractivity contribution in [2.75, 3.05) is 33.3 Å². The van der Waals surface area contributed by atoms with Gasteiger partial charge < -0.3 is 19.1 Å². The average molecular weight is 564 g/mol. The normalized spacial score (nSPS) is 13.1. The van der Waals surface area contributed by atoms with Crippen LogP contribution in [-0.2, 0) is 11.2 Å². The Morgan fingerprint density at radius 2 is 1.45 bits per heavy atom. The number of quaternary nitrogens is 1. The molecule has 0 bridgehead atoms. The quantitative estimate of drug-likeness (QED) is 0.105. The monoisotopic (exact) mass is 563 g/mol. The Balaban J connectivity index is 1.97. The SMILES string of the molecule is CCCCCCCCCCCC[N+](C)(CCOc1ccc(C(=O)C(F)(F)F)cc1Cc1ccccc1)CC(=O)[O-]. The molecular formula is C32H44F3NO4. The first-order chi connectivity index (χ1) is 19.0. The molecule has 222 valence electrons. The van der Waals surface area contributed by atoms with E-state index >= 15 is 0 Å². The van der Waals surface area contributed by atoms with Gasteiger partial charge in [0.05, 0.1) is 19.6 Å². The number of Topliss-reactive ketones (excluding diaryl/α,β-unsaturated/α-hetero) is 1. The molecule has 5 nitrogen and oxygen atoms in total. The van der Waals surface area contributed by atoms with Crippen molar-refractivity contribution >= 4 is 11.8 Å². The van der Waals surface area contributed by atoms with Crippen molar-refractivity contribution in [1.29, 1.82) is 0 Å². The third-order valence-corrected chi connectivity index (χ3v) is 7.27. The molecular weight excluding hydrogens is 519 g/mol. The van der Waals surface area contributed by atoms with Gasteiger partial charge in [0.1, 0.15) is 25.4 Å². The van der Waals surface area contributed by atoms with E-state index in [2.05, 4.69) is 6.92 Å². The van der Waals surface area contributed by atoms with Crippen LogP contribution in [0, 0.1) is 0 Å².